The van der Waals surface area contributed by atoms with Crippen molar-refractivity contribution in [3.05, 3.63) is 100 Å². The van der Waals surface area contributed by atoms with Crippen molar-refractivity contribution in [1.29, 1.82) is 0 Å². The van der Waals surface area contributed by atoms with E-state index in [9.17, 15) is 22.4 Å². The van der Waals surface area contributed by atoms with E-state index >= 15 is 0 Å². The molecule has 236 valence electrons. The van der Waals surface area contributed by atoms with Crippen LogP contribution in [-0.2, 0) is 32.6 Å². The van der Waals surface area contributed by atoms with Crippen LogP contribution in [0.1, 0.15) is 61.6 Å². The fourth-order valence-electron chi connectivity index (χ4n) is 5.76. The van der Waals surface area contributed by atoms with Gasteiger partial charge in [0, 0.05) is 42.6 Å². The molecule has 1 saturated carbocycles. The molecule has 7 nitrogen and oxygen atoms in total. The van der Waals surface area contributed by atoms with Crippen LogP contribution >= 0.6 is 11.6 Å². The minimum absolute atomic E-state index is 0.0317. The summed E-state index contributed by atoms with van der Waals surface area (Å²) in [6.07, 6.45) is 6.50. The van der Waals surface area contributed by atoms with Crippen molar-refractivity contribution in [3.63, 3.8) is 0 Å². The standard InChI is InChI=1S/C34H41ClFN3O4S/c1-25-29(35)18-11-20-31(25)39(44(2,42)43)22-12-21-33(40)38(24-27-15-9-10-19-30(27)36)32(23-26-13-5-3-6-14-26)34(41)37-28-16-7-4-8-17-28/h3,5-6,9-11,13-15,18-20,28,32H,4,7-8,12,16-17,21-24H2,1-2H3,(H,37,41). The van der Waals surface area contributed by atoms with Gasteiger partial charge in [-0.05, 0) is 55.5 Å². The van der Waals surface area contributed by atoms with Gasteiger partial charge in [0.25, 0.3) is 0 Å². The van der Waals surface area contributed by atoms with Crippen LogP contribution < -0.4 is 9.62 Å². The van der Waals surface area contributed by atoms with Gasteiger partial charge in [-0.25, -0.2) is 12.8 Å². The van der Waals surface area contributed by atoms with Crippen LogP contribution in [0, 0.1) is 12.7 Å². The highest BCUT2D eigenvalue weighted by Crippen LogP contribution is 2.29. The molecule has 2 amide bonds. The van der Waals surface area contributed by atoms with Gasteiger partial charge in [-0.2, -0.15) is 0 Å². The number of rotatable bonds is 13. The monoisotopic (exact) mass is 641 g/mol. The van der Waals surface area contributed by atoms with Crippen LogP contribution in [0.25, 0.3) is 0 Å². The lowest BCUT2D eigenvalue weighted by atomic mass is 9.94. The first-order valence-electron chi connectivity index (χ1n) is 15.1. The molecule has 1 fully saturated rings. The van der Waals surface area contributed by atoms with E-state index in [0.29, 0.717) is 21.8 Å². The third-order valence-electron chi connectivity index (χ3n) is 8.18. The molecule has 0 saturated heterocycles. The molecule has 0 heterocycles. The molecule has 1 aliphatic rings. The largest absolute Gasteiger partial charge is 0.352 e. The van der Waals surface area contributed by atoms with Crippen molar-refractivity contribution in [1.82, 2.24) is 10.2 Å². The molecular weight excluding hydrogens is 601 g/mol. The zero-order chi connectivity index (χ0) is 31.7. The highest BCUT2D eigenvalue weighted by atomic mass is 35.5. The average molecular weight is 642 g/mol. The van der Waals surface area contributed by atoms with Crippen molar-refractivity contribution >= 4 is 39.1 Å². The van der Waals surface area contributed by atoms with E-state index in [1.54, 1.807) is 43.3 Å². The number of hydrogen-bond donors (Lipinski definition) is 1. The van der Waals surface area contributed by atoms with Crippen LogP contribution in [0.3, 0.4) is 0 Å². The lowest BCUT2D eigenvalue weighted by molar-refractivity contribution is -0.141. The topological polar surface area (TPSA) is 86.8 Å². The second-order valence-electron chi connectivity index (χ2n) is 11.5. The number of nitrogens with zero attached hydrogens (tertiary/aromatic N) is 2. The average Bonchev–Trinajstić information content (AvgIpc) is 3.00. The minimum atomic E-state index is -3.68. The van der Waals surface area contributed by atoms with Gasteiger partial charge in [0.1, 0.15) is 11.9 Å². The second kappa shape index (κ2) is 15.5. The van der Waals surface area contributed by atoms with Crippen molar-refractivity contribution in [3.8, 4) is 0 Å². The van der Waals surface area contributed by atoms with Crippen LogP contribution in [0.5, 0.6) is 0 Å². The van der Waals surface area contributed by atoms with Gasteiger partial charge in [-0.3, -0.25) is 13.9 Å². The highest BCUT2D eigenvalue weighted by Gasteiger charge is 2.32. The van der Waals surface area contributed by atoms with Crippen molar-refractivity contribution < 1.29 is 22.4 Å². The van der Waals surface area contributed by atoms with E-state index in [1.165, 1.54) is 15.3 Å². The Bertz CT molecular complexity index is 1530. The van der Waals surface area contributed by atoms with E-state index in [4.69, 9.17) is 11.6 Å². The van der Waals surface area contributed by atoms with Gasteiger partial charge in [-0.1, -0.05) is 85.5 Å². The van der Waals surface area contributed by atoms with Gasteiger partial charge in [0.05, 0.1) is 11.9 Å². The quantitative estimate of drug-likeness (QED) is 0.233. The van der Waals surface area contributed by atoms with Crippen molar-refractivity contribution in [2.24, 2.45) is 0 Å². The van der Waals surface area contributed by atoms with Crippen LogP contribution in [-0.4, -0.2) is 50.0 Å². The molecule has 1 unspecified atom stereocenters. The molecule has 1 atom stereocenters. The molecule has 0 spiro atoms. The first-order valence-corrected chi connectivity index (χ1v) is 17.4. The number of anilines is 1. The minimum Gasteiger partial charge on any atom is -0.352 e. The SMILES string of the molecule is Cc1c(Cl)cccc1N(CCCC(=O)N(Cc1ccccc1F)C(Cc1ccccc1)C(=O)NC1CCCCC1)S(C)(=O)=O. The van der Waals surface area contributed by atoms with E-state index < -0.39 is 21.9 Å². The Kier molecular flexibility index (Phi) is 11.8. The molecular formula is C34H41ClFN3O4S. The first-order chi connectivity index (χ1) is 21.0. The Morgan fingerprint density at radius 2 is 1.66 bits per heavy atom. The van der Waals surface area contributed by atoms with Crippen molar-refractivity contribution in [2.45, 2.75) is 76.9 Å². The van der Waals surface area contributed by atoms with E-state index in [2.05, 4.69) is 5.32 Å². The van der Waals surface area contributed by atoms with Gasteiger partial charge >= 0.3 is 0 Å². The molecule has 1 aliphatic carbocycles. The maximum absolute atomic E-state index is 14.9. The van der Waals surface area contributed by atoms with Crippen LogP contribution in [0.4, 0.5) is 10.1 Å². The molecule has 0 aromatic heterocycles. The Morgan fingerprint density at radius 3 is 2.34 bits per heavy atom. The van der Waals surface area contributed by atoms with E-state index in [1.807, 2.05) is 30.3 Å². The molecule has 0 aliphatic heterocycles. The van der Waals surface area contributed by atoms with Gasteiger partial charge in [0.15, 0.2) is 0 Å². The summed E-state index contributed by atoms with van der Waals surface area (Å²) in [7, 11) is -3.68. The van der Waals surface area contributed by atoms with E-state index in [0.717, 1.165) is 43.9 Å². The third-order valence-corrected chi connectivity index (χ3v) is 9.77. The maximum atomic E-state index is 14.9. The molecule has 3 aromatic carbocycles. The zero-order valence-electron chi connectivity index (χ0n) is 25.3. The van der Waals surface area contributed by atoms with E-state index in [-0.39, 0.29) is 50.2 Å². The zero-order valence-corrected chi connectivity index (χ0v) is 26.9. The summed E-state index contributed by atoms with van der Waals surface area (Å²) >= 11 is 6.27. The fourth-order valence-corrected chi connectivity index (χ4v) is 6.94. The maximum Gasteiger partial charge on any atom is 0.243 e. The number of nitrogens with one attached hydrogen (secondary N) is 1. The Hall–Kier alpha value is -3.43. The molecule has 0 bridgehead atoms. The third kappa shape index (κ3) is 9.05. The number of benzene rings is 3. The summed E-state index contributed by atoms with van der Waals surface area (Å²) in [6.45, 7) is 1.69. The normalized spacial score (nSPS) is 14.5. The predicted molar refractivity (Wildman–Crippen MR) is 174 cm³/mol. The number of amides is 2. The Labute approximate surface area is 265 Å². The van der Waals surface area contributed by atoms with Crippen molar-refractivity contribution in [2.75, 3.05) is 17.1 Å². The molecule has 10 heteroatoms. The number of hydrogen-bond acceptors (Lipinski definition) is 4. The molecule has 3 aromatic rings. The predicted octanol–water partition coefficient (Wildman–Crippen LogP) is 6.42. The van der Waals surface area contributed by atoms with Crippen LogP contribution in [0.15, 0.2) is 72.8 Å². The summed E-state index contributed by atoms with van der Waals surface area (Å²) < 4.78 is 41.7. The van der Waals surface area contributed by atoms with Gasteiger partial charge < -0.3 is 10.2 Å². The number of halogens is 2. The molecule has 44 heavy (non-hydrogen) atoms. The Balaban J connectivity index is 1.61. The summed E-state index contributed by atoms with van der Waals surface area (Å²) in [5, 5.41) is 3.62. The lowest BCUT2D eigenvalue weighted by Gasteiger charge is -2.34. The summed E-state index contributed by atoms with van der Waals surface area (Å²) in [4.78, 5) is 29.4. The lowest BCUT2D eigenvalue weighted by Crippen LogP contribution is -2.53. The van der Waals surface area contributed by atoms with Gasteiger partial charge in [-0.15, -0.1) is 0 Å². The number of carbonyl (C=O) groups is 2. The summed E-state index contributed by atoms with van der Waals surface area (Å²) in [6, 6.07) is 19.9. The smallest absolute Gasteiger partial charge is 0.243 e. The van der Waals surface area contributed by atoms with Crippen LogP contribution in [0.2, 0.25) is 5.02 Å². The first kappa shape index (κ1) is 33.5. The summed E-state index contributed by atoms with van der Waals surface area (Å²) in [5.41, 5.74) is 2.25. The number of carbonyl (C=O) groups excluding carboxylic acids is 2. The molecule has 1 N–H and O–H groups in total. The second-order valence-corrected chi connectivity index (χ2v) is 13.8. The summed E-state index contributed by atoms with van der Waals surface area (Å²) in [5.74, 6) is -1.09. The molecule has 0 radical (unpaired) electrons. The Morgan fingerprint density at radius 1 is 0.977 bits per heavy atom. The number of sulfonamides is 1. The molecule has 4 rings (SSSR count). The van der Waals surface area contributed by atoms with Gasteiger partial charge in [0.2, 0.25) is 21.8 Å². The highest BCUT2D eigenvalue weighted by molar-refractivity contribution is 7.92. The fraction of sp³-hybridized carbons (Fsp3) is 0.412.